The molecule has 4 nitrogen and oxygen atoms in total. The third kappa shape index (κ3) is 4.40. The van der Waals surface area contributed by atoms with Crippen LogP contribution in [-0.4, -0.2) is 22.6 Å². The lowest BCUT2D eigenvalue weighted by Crippen LogP contribution is -2.17. The van der Waals surface area contributed by atoms with Crippen LogP contribution in [0.4, 0.5) is 0 Å². The van der Waals surface area contributed by atoms with Crippen molar-refractivity contribution in [3.05, 3.63) is 30.1 Å². The minimum absolute atomic E-state index is 0.346. The van der Waals surface area contributed by atoms with Crippen LogP contribution in [0.2, 0.25) is 0 Å². The number of aliphatic carboxylic acids is 1. The monoisotopic (exact) mass is 222 g/mol. The van der Waals surface area contributed by atoms with Gasteiger partial charge in [0.05, 0.1) is 5.92 Å². The average molecular weight is 222 g/mol. The van der Waals surface area contributed by atoms with E-state index in [9.17, 15) is 4.79 Å². The molecule has 4 heteroatoms. The van der Waals surface area contributed by atoms with E-state index in [2.05, 4.69) is 4.98 Å². The van der Waals surface area contributed by atoms with Gasteiger partial charge in [-0.05, 0) is 31.5 Å². The molecule has 0 aliphatic rings. The van der Waals surface area contributed by atoms with E-state index < -0.39 is 5.97 Å². The molecule has 1 atom stereocenters. The maximum absolute atomic E-state index is 11.0. The van der Waals surface area contributed by atoms with E-state index in [1.807, 2.05) is 18.2 Å². The molecule has 0 aliphatic heterocycles. The van der Waals surface area contributed by atoms with Crippen LogP contribution in [0.1, 0.15) is 25.0 Å². The molecule has 1 aromatic heterocycles. The molecule has 0 radical (unpaired) electrons. The highest BCUT2D eigenvalue weighted by molar-refractivity contribution is 5.70. The van der Waals surface area contributed by atoms with Crippen molar-refractivity contribution in [3.8, 4) is 0 Å². The molecule has 1 heterocycles. The van der Waals surface area contributed by atoms with Gasteiger partial charge in [0.15, 0.2) is 0 Å². The second kappa shape index (κ2) is 6.95. The fraction of sp³-hybridized carbons (Fsp3) is 0.500. The molecule has 0 saturated heterocycles. The van der Waals surface area contributed by atoms with Crippen LogP contribution in [0.25, 0.3) is 0 Å². The summed E-state index contributed by atoms with van der Waals surface area (Å²) in [6, 6.07) is 5.56. The molecule has 88 valence electrons. The minimum Gasteiger partial charge on any atom is -0.481 e. The molecular weight excluding hydrogens is 204 g/mol. The standard InChI is InChI=1S/C12H18N2O2/c13-7-3-1-5-10(12(15)16)9-11-6-2-4-8-14-11/h2,4,6,8,10H,1,3,5,7,9,13H2,(H,15,16). The zero-order valence-electron chi connectivity index (χ0n) is 9.30. The van der Waals surface area contributed by atoms with E-state index in [1.165, 1.54) is 0 Å². The molecule has 1 unspecified atom stereocenters. The second-order valence-corrected chi connectivity index (χ2v) is 3.84. The largest absolute Gasteiger partial charge is 0.481 e. The van der Waals surface area contributed by atoms with E-state index in [4.69, 9.17) is 10.8 Å². The molecule has 0 fully saturated rings. The maximum Gasteiger partial charge on any atom is 0.306 e. The van der Waals surface area contributed by atoms with Crippen LogP contribution >= 0.6 is 0 Å². The second-order valence-electron chi connectivity index (χ2n) is 3.84. The van der Waals surface area contributed by atoms with Crippen molar-refractivity contribution in [2.24, 2.45) is 11.7 Å². The number of carboxylic acids is 1. The summed E-state index contributed by atoms with van der Waals surface area (Å²) < 4.78 is 0. The molecule has 0 aromatic carbocycles. The number of unbranched alkanes of at least 4 members (excludes halogenated alkanes) is 1. The molecule has 3 N–H and O–H groups in total. The van der Waals surface area contributed by atoms with Crippen LogP contribution in [0.3, 0.4) is 0 Å². The molecule has 1 aromatic rings. The van der Waals surface area contributed by atoms with E-state index in [0.717, 1.165) is 18.5 Å². The summed E-state index contributed by atoms with van der Waals surface area (Å²) in [6.07, 6.45) is 4.60. The summed E-state index contributed by atoms with van der Waals surface area (Å²) in [5.74, 6) is -1.09. The quantitative estimate of drug-likeness (QED) is 0.685. The van der Waals surface area contributed by atoms with Gasteiger partial charge in [-0.1, -0.05) is 12.5 Å². The molecule has 0 saturated carbocycles. The topological polar surface area (TPSA) is 76.2 Å². The number of carboxylic acid groups (broad SMARTS) is 1. The van der Waals surface area contributed by atoms with Crippen LogP contribution < -0.4 is 5.73 Å². The van der Waals surface area contributed by atoms with Gasteiger partial charge in [-0.15, -0.1) is 0 Å². The van der Waals surface area contributed by atoms with Crippen LogP contribution in [0, 0.1) is 5.92 Å². The molecule has 16 heavy (non-hydrogen) atoms. The molecule has 0 aliphatic carbocycles. The highest BCUT2D eigenvalue weighted by atomic mass is 16.4. The zero-order valence-corrected chi connectivity index (χ0v) is 9.30. The summed E-state index contributed by atoms with van der Waals surface area (Å²) in [5.41, 5.74) is 6.22. The first-order chi connectivity index (χ1) is 7.74. The summed E-state index contributed by atoms with van der Waals surface area (Å²) in [6.45, 7) is 0.621. The first kappa shape index (κ1) is 12.6. The summed E-state index contributed by atoms with van der Waals surface area (Å²) in [7, 11) is 0. The molecule has 1 rings (SSSR count). The summed E-state index contributed by atoms with van der Waals surface area (Å²) >= 11 is 0. The number of hydrogen-bond acceptors (Lipinski definition) is 3. The Morgan fingerprint density at radius 3 is 2.81 bits per heavy atom. The van der Waals surface area contributed by atoms with Crippen molar-refractivity contribution in [2.75, 3.05) is 6.54 Å². The fourth-order valence-corrected chi connectivity index (χ4v) is 1.62. The Kier molecular flexibility index (Phi) is 5.50. The fourth-order valence-electron chi connectivity index (χ4n) is 1.62. The molecule has 0 spiro atoms. The smallest absolute Gasteiger partial charge is 0.306 e. The third-order valence-corrected chi connectivity index (χ3v) is 2.54. The normalized spacial score (nSPS) is 12.3. The van der Waals surface area contributed by atoms with Gasteiger partial charge in [0, 0.05) is 18.3 Å². The van der Waals surface area contributed by atoms with Crippen molar-refractivity contribution in [2.45, 2.75) is 25.7 Å². The average Bonchev–Trinajstić information content (AvgIpc) is 2.29. The van der Waals surface area contributed by atoms with Crippen molar-refractivity contribution in [1.29, 1.82) is 0 Å². The Balaban J connectivity index is 2.48. The lowest BCUT2D eigenvalue weighted by Gasteiger charge is -2.11. The zero-order chi connectivity index (χ0) is 11.8. The summed E-state index contributed by atoms with van der Waals surface area (Å²) in [5, 5.41) is 9.07. The Morgan fingerprint density at radius 2 is 2.25 bits per heavy atom. The molecular formula is C12H18N2O2. The molecule has 0 amide bonds. The number of nitrogens with zero attached hydrogens (tertiary/aromatic N) is 1. The number of carbonyl (C=O) groups is 1. The predicted octanol–water partition coefficient (Wildman–Crippen LogP) is 1.45. The van der Waals surface area contributed by atoms with Gasteiger partial charge >= 0.3 is 5.97 Å². The van der Waals surface area contributed by atoms with Gasteiger partial charge in [0.2, 0.25) is 0 Å². The van der Waals surface area contributed by atoms with Crippen molar-refractivity contribution in [3.63, 3.8) is 0 Å². The van der Waals surface area contributed by atoms with Gasteiger partial charge in [0.25, 0.3) is 0 Å². The van der Waals surface area contributed by atoms with Gasteiger partial charge in [-0.25, -0.2) is 0 Å². The minimum atomic E-state index is -0.748. The van der Waals surface area contributed by atoms with E-state index in [-0.39, 0.29) is 5.92 Å². The van der Waals surface area contributed by atoms with Crippen LogP contribution in [0.5, 0.6) is 0 Å². The molecule has 0 bridgehead atoms. The van der Waals surface area contributed by atoms with Gasteiger partial charge < -0.3 is 10.8 Å². The Morgan fingerprint density at radius 1 is 1.44 bits per heavy atom. The van der Waals surface area contributed by atoms with E-state index in [0.29, 0.717) is 19.4 Å². The number of aromatic nitrogens is 1. The highest BCUT2D eigenvalue weighted by Crippen LogP contribution is 2.14. The number of rotatable bonds is 7. The van der Waals surface area contributed by atoms with Gasteiger partial charge in [-0.3, -0.25) is 9.78 Å². The van der Waals surface area contributed by atoms with Crippen molar-refractivity contribution in [1.82, 2.24) is 4.98 Å². The van der Waals surface area contributed by atoms with Gasteiger partial charge in [0.1, 0.15) is 0 Å². The van der Waals surface area contributed by atoms with Gasteiger partial charge in [-0.2, -0.15) is 0 Å². The first-order valence-electron chi connectivity index (χ1n) is 5.57. The SMILES string of the molecule is NCCCCC(Cc1ccccn1)C(=O)O. The predicted molar refractivity (Wildman–Crippen MR) is 62.0 cm³/mol. The van der Waals surface area contributed by atoms with Crippen LogP contribution in [0.15, 0.2) is 24.4 Å². The number of hydrogen-bond donors (Lipinski definition) is 2. The van der Waals surface area contributed by atoms with Crippen molar-refractivity contribution < 1.29 is 9.90 Å². The highest BCUT2D eigenvalue weighted by Gasteiger charge is 2.17. The summed E-state index contributed by atoms with van der Waals surface area (Å²) in [4.78, 5) is 15.2. The maximum atomic E-state index is 11.0. The number of nitrogens with two attached hydrogens (primary N) is 1. The van der Waals surface area contributed by atoms with E-state index >= 15 is 0 Å². The Hall–Kier alpha value is -1.42. The van der Waals surface area contributed by atoms with E-state index in [1.54, 1.807) is 6.20 Å². The Labute approximate surface area is 95.5 Å². The first-order valence-corrected chi connectivity index (χ1v) is 5.57. The van der Waals surface area contributed by atoms with Crippen LogP contribution in [-0.2, 0) is 11.2 Å². The Bertz CT molecular complexity index is 314. The number of pyridine rings is 1. The lowest BCUT2D eigenvalue weighted by atomic mass is 9.96. The van der Waals surface area contributed by atoms with Crippen molar-refractivity contribution >= 4 is 5.97 Å². The third-order valence-electron chi connectivity index (χ3n) is 2.54. The lowest BCUT2D eigenvalue weighted by molar-refractivity contribution is -0.142.